The standard InChI is InChI=1S/C24H35N3O3S3/c1-31-32-23-7-9-24(10-8-23)33(28,29)27(21-11-13-25-14-12-21)19-22-18-26(15-16-30-22)17-20-5-3-2-4-6-20/h2-3,5,7-10,21-22,25H,4,6,11-19H2,1H3. The number of benzene rings is 1. The number of allylic oxidation sites excluding steroid dienone is 3. The van der Waals surface area contributed by atoms with E-state index in [0.717, 1.165) is 63.3 Å². The Morgan fingerprint density at radius 1 is 1.21 bits per heavy atom. The van der Waals surface area contributed by atoms with Gasteiger partial charge in [-0.3, -0.25) is 4.90 Å². The van der Waals surface area contributed by atoms with Gasteiger partial charge in [0.15, 0.2) is 0 Å². The van der Waals surface area contributed by atoms with E-state index in [1.165, 1.54) is 5.57 Å². The summed E-state index contributed by atoms with van der Waals surface area (Å²) in [6.07, 6.45) is 12.3. The maximum absolute atomic E-state index is 13.8. The van der Waals surface area contributed by atoms with Crippen molar-refractivity contribution in [3.63, 3.8) is 0 Å². The summed E-state index contributed by atoms with van der Waals surface area (Å²) in [7, 11) is -0.312. The van der Waals surface area contributed by atoms with Gasteiger partial charge in [-0.2, -0.15) is 4.31 Å². The van der Waals surface area contributed by atoms with Gasteiger partial charge in [-0.15, -0.1) is 0 Å². The molecule has 1 aromatic rings. The second-order valence-electron chi connectivity index (χ2n) is 8.80. The third-order valence-electron chi connectivity index (χ3n) is 6.46. The molecule has 1 atom stereocenters. The molecule has 6 nitrogen and oxygen atoms in total. The van der Waals surface area contributed by atoms with Gasteiger partial charge in [-0.05, 0) is 69.3 Å². The molecule has 2 heterocycles. The predicted octanol–water partition coefficient (Wildman–Crippen LogP) is 3.78. The minimum Gasteiger partial charge on any atom is -0.374 e. The summed E-state index contributed by atoms with van der Waals surface area (Å²) < 4.78 is 35.4. The molecule has 9 heteroatoms. The molecule has 3 aliphatic rings. The van der Waals surface area contributed by atoms with Gasteiger partial charge in [0.05, 0.1) is 17.6 Å². The van der Waals surface area contributed by atoms with Crippen molar-refractivity contribution in [2.45, 2.75) is 47.6 Å². The largest absolute Gasteiger partial charge is 0.374 e. The van der Waals surface area contributed by atoms with Gasteiger partial charge in [-0.1, -0.05) is 45.4 Å². The molecule has 1 N–H and O–H groups in total. The second-order valence-corrected chi connectivity index (χ2v) is 13.2. The van der Waals surface area contributed by atoms with Gasteiger partial charge in [0.2, 0.25) is 10.0 Å². The minimum atomic E-state index is -3.61. The molecule has 0 bridgehead atoms. The Morgan fingerprint density at radius 3 is 2.70 bits per heavy atom. The van der Waals surface area contributed by atoms with Gasteiger partial charge in [-0.25, -0.2) is 8.42 Å². The van der Waals surface area contributed by atoms with Crippen LogP contribution in [0.2, 0.25) is 0 Å². The second kappa shape index (κ2) is 12.2. The van der Waals surface area contributed by atoms with Gasteiger partial charge in [0, 0.05) is 37.1 Å². The molecule has 0 aromatic heterocycles. The van der Waals surface area contributed by atoms with Crippen molar-refractivity contribution in [1.29, 1.82) is 0 Å². The first kappa shape index (κ1) is 25.3. The molecule has 0 saturated carbocycles. The van der Waals surface area contributed by atoms with Crippen LogP contribution < -0.4 is 5.32 Å². The van der Waals surface area contributed by atoms with E-state index in [-0.39, 0.29) is 12.1 Å². The van der Waals surface area contributed by atoms with Crippen LogP contribution in [0.1, 0.15) is 25.7 Å². The van der Waals surface area contributed by atoms with Gasteiger partial charge >= 0.3 is 0 Å². The SMILES string of the molecule is CSSc1ccc(S(=O)(=O)N(CC2CN(CC3=CC=CCC3)CCO2)C2CCNCC2)cc1. The number of rotatable bonds is 9. The van der Waals surface area contributed by atoms with Crippen molar-refractivity contribution in [2.24, 2.45) is 0 Å². The molecule has 2 fully saturated rings. The quantitative estimate of drug-likeness (QED) is 0.509. The molecule has 4 rings (SSSR count). The fraction of sp³-hybridized carbons (Fsp3) is 0.583. The maximum atomic E-state index is 13.8. The topological polar surface area (TPSA) is 61.9 Å². The van der Waals surface area contributed by atoms with Crippen molar-refractivity contribution in [3.05, 3.63) is 48.1 Å². The molecule has 1 aromatic carbocycles. The highest BCUT2D eigenvalue weighted by atomic mass is 33.1. The summed E-state index contributed by atoms with van der Waals surface area (Å²) in [6.45, 7) is 5.35. The average molecular weight is 510 g/mol. The lowest BCUT2D eigenvalue weighted by atomic mass is 10.0. The van der Waals surface area contributed by atoms with E-state index in [1.807, 2.05) is 18.4 Å². The van der Waals surface area contributed by atoms with Crippen LogP contribution in [-0.2, 0) is 14.8 Å². The zero-order valence-electron chi connectivity index (χ0n) is 19.3. The summed E-state index contributed by atoms with van der Waals surface area (Å²) in [5.41, 5.74) is 1.45. The number of nitrogens with zero attached hydrogens (tertiary/aromatic N) is 2. The van der Waals surface area contributed by atoms with Crippen LogP contribution in [0.4, 0.5) is 0 Å². The van der Waals surface area contributed by atoms with E-state index in [2.05, 4.69) is 28.4 Å². The molecule has 2 saturated heterocycles. The van der Waals surface area contributed by atoms with E-state index >= 15 is 0 Å². The smallest absolute Gasteiger partial charge is 0.243 e. The first-order valence-corrected chi connectivity index (χ1v) is 15.8. The molecule has 0 radical (unpaired) electrons. The number of hydrogen-bond acceptors (Lipinski definition) is 7. The van der Waals surface area contributed by atoms with E-state index < -0.39 is 10.0 Å². The van der Waals surface area contributed by atoms with Gasteiger partial charge in [0.25, 0.3) is 0 Å². The lowest BCUT2D eigenvalue weighted by molar-refractivity contribution is -0.0361. The number of hydrogen-bond donors (Lipinski definition) is 1. The van der Waals surface area contributed by atoms with Crippen LogP contribution in [0.25, 0.3) is 0 Å². The normalized spacial score (nSPS) is 23.1. The zero-order valence-corrected chi connectivity index (χ0v) is 21.8. The van der Waals surface area contributed by atoms with Crippen molar-refractivity contribution < 1.29 is 13.2 Å². The van der Waals surface area contributed by atoms with Crippen LogP contribution in [0.5, 0.6) is 0 Å². The van der Waals surface area contributed by atoms with E-state index in [9.17, 15) is 8.42 Å². The number of piperidine rings is 1. The molecule has 1 unspecified atom stereocenters. The highest BCUT2D eigenvalue weighted by molar-refractivity contribution is 8.76. The van der Waals surface area contributed by atoms with Gasteiger partial charge < -0.3 is 10.1 Å². The fourth-order valence-electron chi connectivity index (χ4n) is 4.74. The lowest BCUT2D eigenvalue weighted by Crippen LogP contribution is -2.53. The average Bonchev–Trinajstić information content (AvgIpc) is 2.84. The zero-order chi connectivity index (χ0) is 23.1. The Balaban J connectivity index is 1.49. The van der Waals surface area contributed by atoms with Crippen molar-refractivity contribution >= 4 is 31.6 Å². The number of ether oxygens (including phenoxy) is 1. The van der Waals surface area contributed by atoms with Crippen molar-refractivity contribution in [2.75, 3.05) is 52.1 Å². The Hall–Kier alpha value is -0.810. The maximum Gasteiger partial charge on any atom is 0.243 e. The predicted molar refractivity (Wildman–Crippen MR) is 138 cm³/mol. The number of sulfonamides is 1. The van der Waals surface area contributed by atoms with Crippen molar-refractivity contribution in [1.82, 2.24) is 14.5 Å². The first-order chi connectivity index (χ1) is 16.1. The van der Waals surface area contributed by atoms with E-state index in [1.54, 1.807) is 38.0 Å². The molecule has 2 aliphatic heterocycles. The molecule has 0 spiro atoms. The Labute approximate surface area is 206 Å². The lowest BCUT2D eigenvalue weighted by Gasteiger charge is -2.39. The van der Waals surface area contributed by atoms with E-state index in [4.69, 9.17) is 4.74 Å². The van der Waals surface area contributed by atoms with Crippen LogP contribution >= 0.6 is 21.6 Å². The molecule has 1 aliphatic carbocycles. The highest BCUT2D eigenvalue weighted by Gasteiger charge is 2.35. The summed E-state index contributed by atoms with van der Waals surface area (Å²) in [5, 5.41) is 3.36. The van der Waals surface area contributed by atoms with Crippen LogP contribution in [0.3, 0.4) is 0 Å². The molecule has 33 heavy (non-hydrogen) atoms. The van der Waals surface area contributed by atoms with Crippen LogP contribution in [0, 0.1) is 0 Å². The molecular formula is C24H35N3O3S3. The summed E-state index contributed by atoms with van der Waals surface area (Å²) in [4.78, 5) is 3.85. The molecular weight excluding hydrogens is 474 g/mol. The molecule has 0 amide bonds. The summed E-state index contributed by atoms with van der Waals surface area (Å²) >= 11 is 0. The van der Waals surface area contributed by atoms with Crippen LogP contribution in [0.15, 0.2) is 57.9 Å². The molecule has 182 valence electrons. The third kappa shape index (κ3) is 6.87. The summed E-state index contributed by atoms with van der Waals surface area (Å²) in [6, 6.07) is 7.30. The first-order valence-electron chi connectivity index (χ1n) is 11.8. The Kier molecular flexibility index (Phi) is 9.38. The minimum absolute atomic E-state index is 0.00154. The third-order valence-corrected chi connectivity index (χ3v) is 10.1. The Bertz CT molecular complexity index is 928. The summed E-state index contributed by atoms with van der Waals surface area (Å²) in [5.74, 6) is 0. The van der Waals surface area contributed by atoms with E-state index in [0.29, 0.717) is 18.0 Å². The van der Waals surface area contributed by atoms with Crippen LogP contribution in [-0.4, -0.2) is 81.9 Å². The van der Waals surface area contributed by atoms with Crippen molar-refractivity contribution in [3.8, 4) is 0 Å². The van der Waals surface area contributed by atoms with Gasteiger partial charge in [0.1, 0.15) is 0 Å². The fourth-order valence-corrected chi connectivity index (χ4v) is 7.81. The number of nitrogens with one attached hydrogen (secondary N) is 1. The monoisotopic (exact) mass is 509 g/mol. The highest BCUT2D eigenvalue weighted by Crippen LogP contribution is 2.31. The number of morpholine rings is 1. The Morgan fingerprint density at radius 2 is 2.00 bits per heavy atom.